The maximum Gasteiger partial charge on any atom is 0.435 e. The predicted molar refractivity (Wildman–Crippen MR) is 107 cm³/mol. The van der Waals surface area contributed by atoms with Crippen LogP contribution in [0.4, 0.5) is 13.2 Å². The maximum absolute atomic E-state index is 13.4. The number of fused-ring (bicyclic) bond motifs is 1. The summed E-state index contributed by atoms with van der Waals surface area (Å²) >= 11 is 0.749. The predicted octanol–water partition coefficient (Wildman–Crippen LogP) is 5.28. The van der Waals surface area contributed by atoms with Crippen molar-refractivity contribution in [3.05, 3.63) is 76.9 Å². The third-order valence-corrected chi connectivity index (χ3v) is 5.58. The minimum atomic E-state index is -4.70. The van der Waals surface area contributed by atoms with Crippen LogP contribution in [0.2, 0.25) is 0 Å². The SMILES string of the molecule is O=C(NCCc1c[nH]c2ccccc12)c1sc(-c2ccccc2)nc1C(F)(F)F. The fraction of sp³-hybridized carbons (Fsp3) is 0.143. The molecule has 1 amide bonds. The zero-order chi connectivity index (χ0) is 20.4. The maximum atomic E-state index is 13.4. The second-order valence-corrected chi connectivity index (χ2v) is 7.43. The van der Waals surface area contributed by atoms with Crippen molar-refractivity contribution in [2.24, 2.45) is 0 Å². The lowest BCUT2D eigenvalue weighted by molar-refractivity contribution is -0.141. The number of H-pyrrole nitrogens is 1. The highest BCUT2D eigenvalue weighted by molar-refractivity contribution is 7.17. The summed E-state index contributed by atoms with van der Waals surface area (Å²) in [5.41, 5.74) is 1.36. The molecule has 2 aromatic heterocycles. The third kappa shape index (κ3) is 4.02. The van der Waals surface area contributed by atoms with Crippen LogP contribution < -0.4 is 5.32 Å². The molecule has 0 bridgehead atoms. The minimum Gasteiger partial charge on any atom is -0.361 e. The molecule has 148 valence electrons. The van der Waals surface area contributed by atoms with Crippen molar-refractivity contribution in [2.45, 2.75) is 12.6 Å². The Bertz CT molecular complexity index is 1150. The fourth-order valence-corrected chi connectivity index (χ4v) is 4.11. The Morgan fingerprint density at radius 1 is 1.07 bits per heavy atom. The van der Waals surface area contributed by atoms with Crippen LogP contribution in [-0.2, 0) is 12.6 Å². The summed E-state index contributed by atoms with van der Waals surface area (Å²) in [5.74, 6) is -0.767. The van der Waals surface area contributed by atoms with Gasteiger partial charge in [0.05, 0.1) is 0 Å². The number of rotatable bonds is 5. The van der Waals surface area contributed by atoms with Crippen LogP contribution in [0.25, 0.3) is 21.5 Å². The first kappa shape index (κ1) is 19.2. The van der Waals surface area contributed by atoms with Crippen molar-refractivity contribution in [2.75, 3.05) is 6.54 Å². The third-order valence-electron chi connectivity index (χ3n) is 4.48. The van der Waals surface area contributed by atoms with E-state index in [9.17, 15) is 18.0 Å². The molecule has 2 aromatic carbocycles. The molecule has 2 heterocycles. The number of halogens is 3. The van der Waals surface area contributed by atoms with Crippen LogP contribution in [0, 0.1) is 0 Å². The molecule has 0 aliphatic rings. The van der Waals surface area contributed by atoms with Gasteiger partial charge in [-0.3, -0.25) is 4.79 Å². The number of nitrogens with one attached hydrogen (secondary N) is 2. The number of benzene rings is 2. The lowest BCUT2D eigenvalue weighted by Crippen LogP contribution is -2.27. The summed E-state index contributed by atoms with van der Waals surface area (Å²) in [5, 5.41) is 3.79. The molecule has 0 atom stereocenters. The number of hydrogen-bond donors (Lipinski definition) is 2. The summed E-state index contributed by atoms with van der Waals surface area (Å²) < 4.78 is 40.3. The van der Waals surface area contributed by atoms with E-state index in [1.54, 1.807) is 30.3 Å². The van der Waals surface area contributed by atoms with Crippen LogP contribution in [-0.4, -0.2) is 22.4 Å². The fourth-order valence-electron chi connectivity index (χ4n) is 3.10. The Balaban J connectivity index is 1.52. The monoisotopic (exact) mass is 415 g/mol. The number of carbonyl (C=O) groups excluding carboxylic acids is 1. The van der Waals surface area contributed by atoms with Crippen molar-refractivity contribution in [1.29, 1.82) is 0 Å². The molecule has 0 saturated carbocycles. The van der Waals surface area contributed by atoms with Gasteiger partial charge in [0, 0.05) is 29.2 Å². The zero-order valence-corrected chi connectivity index (χ0v) is 15.9. The molecule has 0 unspecified atom stereocenters. The summed E-state index contributed by atoms with van der Waals surface area (Å²) in [6.45, 7) is 0.219. The average molecular weight is 415 g/mol. The van der Waals surface area contributed by atoms with E-state index in [-0.39, 0.29) is 11.6 Å². The number of amides is 1. The Morgan fingerprint density at radius 3 is 2.55 bits per heavy atom. The Kier molecular flexibility index (Phi) is 5.10. The Labute approximate surface area is 168 Å². The molecule has 4 nitrogen and oxygen atoms in total. The van der Waals surface area contributed by atoms with Gasteiger partial charge in [0.25, 0.3) is 5.91 Å². The van der Waals surface area contributed by atoms with E-state index in [4.69, 9.17) is 0 Å². The van der Waals surface area contributed by atoms with Gasteiger partial charge in [-0.2, -0.15) is 13.2 Å². The molecule has 0 saturated heterocycles. The van der Waals surface area contributed by atoms with Crippen molar-refractivity contribution in [3.8, 4) is 10.6 Å². The second-order valence-electron chi connectivity index (χ2n) is 6.43. The number of aromatic nitrogens is 2. The molecule has 0 fully saturated rings. The molecule has 4 aromatic rings. The van der Waals surface area contributed by atoms with Crippen LogP contribution in [0.3, 0.4) is 0 Å². The van der Waals surface area contributed by atoms with Crippen molar-refractivity contribution < 1.29 is 18.0 Å². The van der Waals surface area contributed by atoms with E-state index in [1.165, 1.54) is 0 Å². The minimum absolute atomic E-state index is 0.166. The van der Waals surface area contributed by atoms with Crippen LogP contribution in [0.1, 0.15) is 20.9 Å². The molecule has 0 aliphatic carbocycles. The normalized spacial score (nSPS) is 11.7. The van der Waals surface area contributed by atoms with Gasteiger partial charge in [-0.1, -0.05) is 48.5 Å². The van der Waals surface area contributed by atoms with Crippen LogP contribution in [0.5, 0.6) is 0 Å². The number of carbonyl (C=O) groups is 1. The van der Waals surface area contributed by atoms with E-state index in [1.807, 2.05) is 30.5 Å². The first-order chi connectivity index (χ1) is 13.9. The van der Waals surface area contributed by atoms with Gasteiger partial charge in [-0.25, -0.2) is 4.98 Å². The van der Waals surface area contributed by atoms with E-state index in [0.717, 1.165) is 27.8 Å². The van der Waals surface area contributed by atoms with Gasteiger partial charge in [0.2, 0.25) is 0 Å². The van der Waals surface area contributed by atoms with Crippen LogP contribution >= 0.6 is 11.3 Å². The van der Waals surface area contributed by atoms with Gasteiger partial charge in [0.15, 0.2) is 5.69 Å². The van der Waals surface area contributed by atoms with Gasteiger partial charge in [-0.15, -0.1) is 11.3 Å². The van der Waals surface area contributed by atoms with E-state index in [0.29, 0.717) is 12.0 Å². The Morgan fingerprint density at radius 2 is 1.79 bits per heavy atom. The number of hydrogen-bond acceptors (Lipinski definition) is 3. The summed E-state index contributed by atoms with van der Waals surface area (Å²) in [6.07, 6.45) is -2.35. The first-order valence-corrected chi connectivity index (χ1v) is 9.72. The molecule has 8 heteroatoms. The van der Waals surface area contributed by atoms with E-state index < -0.39 is 22.7 Å². The smallest absolute Gasteiger partial charge is 0.361 e. The topological polar surface area (TPSA) is 57.8 Å². The molecule has 0 aliphatic heterocycles. The first-order valence-electron chi connectivity index (χ1n) is 8.90. The lowest BCUT2D eigenvalue weighted by atomic mass is 10.1. The van der Waals surface area contributed by atoms with Crippen molar-refractivity contribution in [3.63, 3.8) is 0 Å². The quantitative estimate of drug-likeness (QED) is 0.466. The van der Waals surface area contributed by atoms with Gasteiger partial charge in [-0.05, 0) is 18.1 Å². The molecule has 0 spiro atoms. The standard InChI is InChI=1S/C21H16F3N3OS/c22-21(23,24)18-17(29-20(27-18)13-6-2-1-3-7-13)19(28)25-11-10-14-12-26-16-9-5-4-8-15(14)16/h1-9,12,26H,10-11H2,(H,25,28). The highest BCUT2D eigenvalue weighted by Gasteiger charge is 2.39. The molecular formula is C21H16F3N3OS. The number of para-hydroxylation sites is 1. The van der Waals surface area contributed by atoms with Gasteiger partial charge < -0.3 is 10.3 Å². The highest BCUT2D eigenvalue weighted by atomic mass is 32.1. The molecular weight excluding hydrogens is 399 g/mol. The molecule has 2 N–H and O–H groups in total. The van der Waals surface area contributed by atoms with Crippen molar-refractivity contribution >= 4 is 28.1 Å². The van der Waals surface area contributed by atoms with E-state index >= 15 is 0 Å². The largest absolute Gasteiger partial charge is 0.435 e. The van der Waals surface area contributed by atoms with Gasteiger partial charge in [0.1, 0.15) is 9.88 Å². The number of nitrogens with zero attached hydrogens (tertiary/aromatic N) is 1. The average Bonchev–Trinajstić information content (AvgIpc) is 3.34. The molecule has 29 heavy (non-hydrogen) atoms. The summed E-state index contributed by atoms with van der Waals surface area (Å²) in [6, 6.07) is 16.2. The summed E-state index contributed by atoms with van der Waals surface area (Å²) in [7, 11) is 0. The number of alkyl halides is 3. The van der Waals surface area contributed by atoms with Crippen molar-refractivity contribution in [1.82, 2.24) is 15.3 Å². The van der Waals surface area contributed by atoms with Crippen LogP contribution in [0.15, 0.2) is 60.8 Å². The second kappa shape index (κ2) is 7.71. The zero-order valence-electron chi connectivity index (χ0n) is 15.1. The molecule has 4 rings (SSSR count). The Hall–Kier alpha value is -3.13. The molecule has 0 radical (unpaired) electrons. The highest BCUT2D eigenvalue weighted by Crippen LogP contribution is 2.37. The number of aromatic amines is 1. The number of thiazole rings is 1. The van der Waals surface area contributed by atoms with E-state index in [2.05, 4.69) is 15.3 Å². The lowest BCUT2D eigenvalue weighted by Gasteiger charge is -2.07. The summed E-state index contributed by atoms with van der Waals surface area (Å²) in [4.78, 5) is 18.9. The van der Waals surface area contributed by atoms with Gasteiger partial charge >= 0.3 is 6.18 Å².